The number of hydrogen-bond donors (Lipinski definition) is 2. The van der Waals surface area contributed by atoms with E-state index in [1.807, 2.05) is 20.8 Å². The maximum atomic E-state index is 11.7. The molecular weight excluding hydrogens is 334 g/mol. The van der Waals surface area contributed by atoms with Gasteiger partial charge in [0.1, 0.15) is 10.6 Å². The van der Waals surface area contributed by atoms with Crippen LogP contribution in [0, 0.1) is 17.0 Å². The molecule has 2 rings (SSSR count). The quantitative estimate of drug-likeness (QED) is 0.628. The minimum Gasteiger partial charge on any atom is -0.444 e. The number of alkyl carbamates (subject to hydrolysis) is 1. The number of halogens is 1. The molecule has 1 aromatic carbocycles. The summed E-state index contributed by atoms with van der Waals surface area (Å²) in [6.07, 6.45) is 1.10. The molecule has 1 fully saturated rings. The molecule has 7 nitrogen and oxygen atoms in total. The highest BCUT2D eigenvalue weighted by Crippen LogP contribution is 2.33. The normalized spacial score (nSPS) is 20.0. The van der Waals surface area contributed by atoms with Crippen molar-refractivity contribution in [3.05, 3.63) is 32.8 Å². The van der Waals surface area contributed by atoms with E-state index in [9.17, 15) is 14.9 Å². The second kappa shape index (κ2) is 6.84. The summed E-state index contributed by atoms with van der Waals surface area (Å²) in [6.45, 7) is 7.25. The maximum Gasteiger partial charge on any atom is 0.407 e. The predicted octanol–water partition coefficient (Wildman–Crippen LogP) is 4.02. The number of amides is 1. The van der Waals surface area contributed by atoms with Gasteiger partial charge in [-0.25, -0.2) is 4.79 Å². The molecule has 0 heterocycles. The van der Waals surface area contributed by atoms with Crippen molar-refractivity contribution >= 4 is 29.1 Å². The Morgan fingerprint density at radius 1 is 1.33 bits per heavy atom. The lowest BCUT2D eigenvalue weighted by Gasteiger charge is -2.37. The zero-order valence-corrected chi connectivity index (χ0v) is 14.9. The molecule has 24 heavy (non-hydrogen) atoms. The Hall–Kier alpha value is -2.02. The Balaban J connectivity index is 1.87. The van der Waals surface area contributed by atoms with E-state index >= 15 is 0 Å². The van der Waals surface area contributed by atoms with Gasteiger partial charge in [-0.05, 0) is 52.2 Å². The molecule has 1 aliphatic rings. The number of anilines is 1. The number of carbonyl (C=O) groups is 1. The highest BCUT2D eigenvalue weighted by atomic mass is 35.5. The third-order valence-corrected chi connectivity index (χ3v) is 4.01. The molecule has 1 aromatic rings. The molecule has 2 N–H and O–H groups in total. The van der Waals surface area contributed by atoms with Gasteiger partial charge in [-0.2, -0.15) is 0 Å². The van der Waals surface area contributed by atoms with Gasteiger partial charge in [0.2, 0.25) is 0 Å². The van der Waals surface area contributed by atoms with E-state index in [4.69, 9.17) is 16.3 Å². The van der Waals surface area contributed by atoms with Crippen LogP contribution in [0.15, 0.2) is 12.1 Å². The molecule has 8 heteroatoms. The lowest BCUT2D eigenvalue weighted by atomic mass is 9.86. The first-order chi connectivity index (χ1) is 11.0. The van der Waals surface area contributed by atoms with Crippen LogP contribution < -0.4 is 10.6 Å². The smallest absolute Gasteiger partial charge is 0.407 e. The molecule has 1 aliphatic carbocycles. The van der Waals surface area contributed by atoms with Crippen LogP contribution in [0.1, 0.15) is 39.2 Å². The number of nitro benzene ring substituents is 1. The predicted molar refractivity (Wildman–Crippen MR) is 92.6 cm³/mol. The summed E-state index contributed by atoms with van der Waals surface area (Å²) >= 11 is 5.94. The van der Waals surface area contributed by atoms with E-state index in [-0.39, 0.29) is 22.8 Å². The fraction of sp³-hybridized carbons (Fsp3) is 0.562. The van der Waals surface area contributed by atoms with E-state index in [1.54, 1.807) is 13.0 Å². The summed E-state index contributed by atoms with van der Waals surface area (Å²) in [7, 11) is 0. The Bertz CT molecular complexity index is 651. The standard InChI is InChI=1S/C16H22ClN3O4/c1-9-5-14(20(22)23)12(17)8-13(9)18-10-6-11(7-10)19-15(21)24-16(2,3)4/h5,8,10-11,18H,6-7H2,1-4H3,(H,19,21). The second-order valence-electron chi connectivity index (χ2n) is 7.03. The fourth-order valence-corrected chi connectivity index (χ4v) is 2.74. The van der Waals surface area contributed by atoms with Gasteiger partial charge in [0.15, 0.2) is 0 Å². The Morgan fingerprint density at radius 3 is 2.50 bits per heavy atom. The number of carbonyl (C=O) groups excluding carboxylic acids is 1. The first kappa shape index (κ1) is 18.3. The summed E-state index contributed by atoms with van der Waals surface area (Å²) in [6, 6.07) is 3.27. The van der Waals surface area contributed by atoms with Crippen LogP contribution in [0.2, 0.25) is 5.02 Å². The van der Waals surface area contributed by atoms with Gasteiger partial charge >= 0.3 is 6.09 Å². The van der Waals surface area contributed by atoms with Crippen LogP contribution in [-0.4, -0.2) is 28.7 Å². The van der Waals surface area contributed by atoms with Crippen molar-refractivity contribution in [2.24, 2.45) is 0 Å². The second-order valence-corrected chi connectivity index (χ2v) is 7.44. The molecule has 0 radical (unpaired) electrons. The van der Waals surface area contributed by atoms with Crippen molar-refractivity contribution in [3.8, 4) is 0 Å². The van der Waals surface area contributed by atoms with Crippen LogP contribution >= 0.6 is 11.6 Å². The molecule has 0 spiro atoms. The van der Waals surface area contributed by atoms with Crippen molar-refractivity contribution < 1.29 is 14.5 Å². The molecular formula is C16H22ClN3O4. The van der Waals surface area contributed by atoms with Gasteiger partial charge in [-0.3, -0.25) is 10.1 Å². The van der Waals surface area contributed by atoms with Crippen molar-refractivity contribution in [1.29, 1.82) is 0 Å². The van der Waals surface area contributed by atoms with Gasteiger partial charge in [0.25, 0.3) is 5.69 Å². The summed E-state index contributed by atoms with van der Waals surface area (Å²) < 4.78 is 5.22. The molecule has 0 unspecified atom stereocenters. The van der Waals surface area contributed by atoms with E-state index in [0.29, 0.717) is 0 Å². The zero-order chi connectivity index (χ0) is 18.1. The van der Waals surface area contributed by atoms with Crippen molar-refractivity contribution in [3.63, 3.8) is 0 Å². The minimum atomic E-state index is -0.516. The Morgan fingerprint density at radius 2 is 1.96 bits per heavy atom. The third kappa shape index (κ3) is 4.74. The van der Waals surface area contributed by atoms with E-state index in [2.05, 4.69) is 10.6 Å². The SMILES string of the molecule is Cc1cc([N+](=O)[O-])c(Cl)cc1NC1CC(NC(=O)OC(C)(C)C)C1. The average Bonchev–Trinajstić information content (AvgIpc) is 2.37. The van der Waals surface area contributed by atoms with Gasteiger partial charge in [0.05, 0.1) is 4.92 Å². The summed E-state index contributed by atoms with van der Waals surface area (Å²) in [5, 5.41) is 17.1. The first-order valence-electron chi connectivity index (χ1n) is 7.76. The lowest BCUT2D eigenvalue weighted by molar-refractivity contribution is -0.384. The fourth-order valence-electron chi connectivity index (χ4n) is 2.51. The Kier molecular flexibility index (Phi) is 5.22. The first-order valence-corrected chi connectivity index (χ1v) is 8.13. The van der Waals surface area contributed by atoms with Crippen LogP contribution in [-0.2, 0) is 4.74 Å². The van der Waals surface area contributed by atoms with Crippen LogP contribution in [0.4, 0.5) is 16.2 Å². The van der Waals surface area contributed by atoms with Gasteiger partial charge in [-0.1, -0.05) is 11.6 Å². The molecule has 132 valence electrons. The molecule has 0 bridgehead atoms. The largest absolute Gasteiger partial charge is 0.444 e. The summed E-state index contributed by atoms with van der Waals surface area (Å²) in [5.41, 5.74) is 0.914. The van der Waals surface area contributed by atoms with E-state index in [0.717, 1.165) is 24.1 Å². The molecule has 0 saturated heterocycles. The molecule has 1 amide bonds. The molecule has 1 saturated carbocycles. The summed E-state index contributed by atoms with van der Waals surface area (Å²) in [5.74, 6) is 0. The number of nitrogens with zero attached hydrogens (tertiary/aromatic N) is 1. The molecule has 0 atom stereocenters. The highest BCUT2D eigenvalue weighted by Gasteiger charge is 2.32. The van der Waals surface area contributed by atoms with Crippen molar-refractivity contribution in [2.45, 2.75) is 58.2 Å². The monoisotopic (exact) mass is 355 g/mol. The summed E-state index contributed by atoms with van der Waals surface area (Å²) in [4.78, 5) is 22.1. The molecule has 0 aromatic heterocycles. The number of rotatable bonds is 4. The van der Waals surface area contributed by atoms with Crippen LogP contribution in [0.3, 0.4) is 0 Å². The van der Waals surface area contributed by atoms with Gasteiger partial charge < -0.3 is 15.4 Å². The number of hydrogen-bond acceptors (Lipinski definition) is 5. The number of ether oxygens (including phenoxy) is 1. The maximum absolute atomic E-state index is 11.7. The van der Waals surface area contributed by atoms with Crippen molar-refractivity contribution in [1.82, 2.24) is 5.32 Å². The Labute approximate surface area is 145 Å². The molecule has 0 aliphatic heterocycles. The van der Waals surface area contributed by atoms with Gasteiger partial charge in [0, 0.05) is 23.8 Å². The number of nitro groups is 1. The van der Waals surface area contributed by atoms with Gasteiger partial charge in [-0.15, -0.1) is 0 Å². The average molecular weight is 356 g/mol. The highest BCUT2D eigenvalue weighted by molar-refractivity contribution is 6.33. The van der Waals surface area contributed by atoms with Crippen LogP contribution in [0.5, 0.6) is 0 Å². The van der Waals surface area contributed by atoms with Crippen molar-refractivity contribution in [2.75, 3.05) is 5.32 Å². The number of aryl methyl sites for hydroxylation is 1. The third-order valence-electron chi connectivity index (χ3n) is 3.71. The minimum absolute atomic E-state index is 0.0613. The lowest BCUT2D eigenvalue weighted by Crippen LogP contribution is -2.50. The topological polar surface area (TPSA) is 93.5 Å². The van der Waals surface area contributed by atoms with E-state index in [1.165, 1.54) is 6.07 Å². The van der Waals surface area contributed by atoms with E-state index < -0.39 is 16.6 Å². The number of nitrogens with one attached hydrogen (secondary N) is 2. The van der Waals surface area contributed by atoms with Crippen LogP contribution in [0.25, 0.3) is 0 Å². The zero-order valence-electron chi connectivity index (χ0n) is 14.2. The number of benzene rings is 1.